The average Bonchev–Trinajstić information content (AvgIpc) is 3.22. The monoisotopic (exact) mass is 356 g/mol. The Balaban J connectivity index is 1.64. The summed E-state index contributed by atoms with van der Waals surface area (Å²) < 4.78 is 5.39. The second-order valence-electron chi connectivity index (χ2n) is 6.25. The highest BCUT2D eigenvalue weighted by Crippen LogP contribution is 2.23. The minimum atomic E-state index is 0.558. The van der Waals surface area contributed by atoms with Crippen molar-refractivity contribution in [3.05, 3.63) is 90.4 Å². The number of aromatic nitrogens is 2. The standard InChI is InChI=1S/C22H20N4O/c1-16-9-11-18(12-10-16)24-21-14-20(23-15-19-8-5-13-27-19)25-22(26-21)17-6-3-2-4-7-17/h2-14H,15H2,1H3,(H2,23,24,25,26). The highest BCUT2D eigenvalue weighted by atomic mass is 16.3. The van der Waals surface area contributed by atoms with Crippen LogP contribution in [0.5, 0.6) is 0 Å². The fraction of sp³-hybridized carbons (Fsp3) is 0.0909. The smallest absolute Gasteiger partial charge is 0.163 e. The fourth-order valence-corrected chi connectivity index (χ4v) is 2.69. The lowest BCUT2D eigenvalue weighted by Gasteiger charge is -2.11. The first kappa shape index (κ1) is 16.8. The van der Waals surface area contributed by atoms with Crippen molar-refractivity contribution in [2.24, 2.45) is 0 Å². The van der Waals surface area contributed by atoms with Gasteiger partial charge in [-0.25, -0.2) is 9.97 Å². The van der Waals surface area contributed by atoms with Crippen molar-refractivity contribution in [3.8, 4) is 11.4 Å². The topological polar surface area (TPSA) is 63.0 Å². The Kier molecular flexibility index (Phi) is 4.83. The van der Waals surface area contributed by atoms with E-state index in [0.717, 1.165) is 28.6 Å². The molecule has 5 heteroatoms. The van der Waals surface area contributed by atoms with Crippen LogP contribution in [0.25, 0.3) is 11.4 Å². The van der Waals surface area contributed by atoms with Gasteiger partial charge in [-0.15, -0.1) is 0 Å². The van der Waals surface area contributed by atoms with E-state index in [-0.39, 0.29) is 0 Å². The van der Waals surface area contributed by atoms with Crippen molar-refractivity contribution < 1.29 is 4.42 Å². The Bertz CT molecular complexity index is 996. The lowest BCUT2D eigenvalue weighted by atomic mass is 10.2. The molecule has 0 radical (unpaired) electrons. The lowest BCUT2D eigenvalue weighted by molar-refractivity contribution is 0.518. The minimum absolute atomic E-state index is 0.558. The highest BCUT2D eigenvalue weighted by molar-refractivity contribution is 5.65. The number of anilines is 3. The zero-order valence-corrected chi connectivity index (χ0v) is 15.0. The molecule has 0 saturated carbocycles. The maximum Gasteiger partial charge on any atom is 0.163 e. The van der Waals surface area contributed by atoms with E-state index in [1.807, 2.05) is 60.7 Å². The summed E-state index contributed by atoms with van der Waals surface area (Å²) >= 11 is 0. The molecule has 0 spiro atoms. The van der Waals surface area contributed by atoms with Gasteiger partial charge < -0.3 is 15.1 Å². The Hall–Kier alpha value is -3.60. The largest absolute Gasteiger partial charge is 0.467 e. The number of nitrogens with one attached hydrogen (secondary N) is 2. The normalized spacial score (nSPS) is 10.6. The van der Waals surface area contributed by atoms with Crippen LogP contribution in [-0.4, -0.2) is 9.97 Å². The van der Waals surface area contributed by atoms with Gasteiger partial charge in [0.1, 0.15) is 17.4 Å². The molecule has 0 aliphatic heterocycles. The Morgan fingerprint density at radius 1 is 0.852 bits per heavy atom. The van der Waals surface area contributed by atoms with Crippen LogP contribution in [-0.2, 0) is 6.54 Å². The molecule has 134 valence electrons. The van der Waals surface area contributed by atoms with Crippen LogP contribution in [0.3, 0.4) is 0 Å². The van der Waals surface area contributed by atoms with Crippen molar-refractivity contribution in [1.29, 1.82) is 0 Å². The molecule has 0 aliphatic rings. The van der Waals surface area contributed by atoms with Gasteiger partial charge in [0.25, 0.3) is 0 Å². The molecule has 0 unspecified atom stereocenters. The van der Waals surface area contributed by atoms with Crippen LogP contribution in [0.1, 0.15) is 11.3 Å². The molecule has 2 aromatic heterocycles. The average molecular weight is 356 g/mol. The van der Waals surface area contributed by atoms with Gasteiger partial charge in [0.2, 0.25) is 0 Å². The molecule has 0 atom stereocenters. The van der Waals surface area contributed by atoms with Gasteiger partial charge in [-0.05, 0) is 31.2 Å². The van der Waals surface area contributed by atoms with Gasteiger partial charge >= 0.3 is 0 Å². The first-order chi connectivity index (χ1) is 13.3. The molecule has 0 saturated heterocycles. The zero-order chi connectivity index (χ0) is 18.5. The predicted molar refractivity (Wildman–Crippen MR) is 108 cm³/mol. The van der Waals surface area contributed by atoms with Crippen LogP contribution in [0.2, 0.25) is 0 Å². The number of aryl methyl sites for hydroxylation is 1. The molecule has 4 rings (SSSR count). The third-order valence-electron chi connectivity index (χ3n) is 4.11. The molecule has 5 nitrogen and oxygen atoms in total. The number of hydrogen-bond donors (Lipinski definition) is 2. The van der Waals surface area contributed by atoms with Crippen LogP contribution < -0.4 is 10.6 Å². The molecule has 0 amide bonds. The van der Waals surface area contributed by atoms with Crippen LogP contribution >= 0.6 is 0 Å². The fourth-order valence-electron chi connectivity index (χ4n) is 2.69. The van der Waals surface area contributed by atoms with Gasteiger partial charge in [0.05, 0.1) is 12.8 Å². The van der Waals surface area contributed by atoms with Crippen LogP contribution in [0.4, 0.5) is 17.3 Å². The molecule has 2 aromatic carbocycles. The summed E-state index contributed by atoms with van der Waals surface area (Å²) in [6.07, 6.45) is 1.66. The number of benzene rings is 2. The third-order valence-corrected chi connectivity index (χ3v) is 4.11. The van der Waals surface area contributed by atoms with E-state index in [4.69, 9.17) is 4.42 Å². The first-order valence-corrected chi connectivity index (χ1v) is 8.81. The molecule has 4 aromatic rings. The summed E-state index contributed by atoms with van der Waals surface area (Å²) in [5, 5.41) is 6.67. The molecule has 0 aliphatic carbocycles. The van der Waals surface area contributed by atoms with E-state index >= 15 is 0 Å². The number of furan rings is 1. The number of nitrogens with zero attached hydrogens (tertiary/aromatic N) is 2. The number of rotatable bonds is 6. The third kappa shape index (κ3) is 4.33. The molecule has 27 heavy (non-hydrogen) atoms. The zero-order valence-electron chi connectivity index (χ0n) is 15.0. The lowest BCUT2D eigenvalue weighted by Crippen LogP contribution is -2.04. The van der Waals surface area contributed by atoms with Gasteiger partial charge in [0.15, 0.2) is 5.82 Å². The van der Waals surface area contributed by atoms with Gasteiger partial charge in [-0.1, -0.05) is 48.0 Å². The molecule has 2 heterocycles. The Morgan fingerprint density at radius 3 is 2.37 bits per heavy atom. The van der Waals surface area contributed by atoms with E-state index < -0.39 is 0 Å². The van der Waals surface area contributed by atoms with E-state index in [1.165, 1.54) is 5.56 Å². The molecule has 0 fully saturated rings. The van der Waals surface area contributed by atoms with Crippen LogP contribution in [0.15, 0.2) is 83.5 Å². The Labute approximate surface area is 158 Å². The van der Waals surface area contributed by atoms with E-state index in [0.29, 0.717) is 12.4 Å². The van der Waals surface area contributed by atoms with Crippen molar-refractivity contribution in [2.45, 2.75) is 13.5 Å². The molecule has 0 bridgehead atoms. The van der Waals surface area contributed by atoms with Crippen LogP contribution in [0, 0.1) is 6.92 Å². The summed E-state index contributed by atoms with van der Waals surface area (Å²) in [4.78, 5) is 9.34. The van der Waals surface area contributed by atoms with Gasteiger partial charge in [0, 0.05) is 17.3 Å². The van der Waals surface area contributed by atoms with Gasteiger partial charge in [-0.3, -0.25) is 0 Å². The maximum absolute atomic E-state index is 5.39. The van der Waals surface area contributed by atoms with Crippen molar-refractivity contribution in [2.75, 3.05) is 10.6 Å². The quantitative estimate of drug-likeness (QED) is 0.484. The van der Waals surface area contributed by atoms with Gasteiger partial charge in [-0.2, -0.15) is 0 Å². The maximum atomic E-state index is 5.39. The summed E-state index contributed by atoms with van der Waals surface area (Å²) in [6, 6.07) is 23.9. The minimum Gasteiger partial charge on any atom is -0.467 e. The van der Waals surface area contributed by atoms with E-state index in [1.54, 1.807) is 6.26 Å². The summed E-state index contributed by atoms with van der Waals surface area (Å²) in [6.45, 7) is 2.63. The van der Waals surface area contributed by atoms with E-state index in [9.17, 15) is 0 Å². The first-order valence-electron chi connectivity index (χ1n) is 8.81. The van der Waals surface area contributed by atoms with E-state index in [2.05, 4.69) is 39.7 Å². The molecular formula is C22H20N4O. The molecular weight excluding hydrogens is 336 g/mol. The highest BCUT2D eigenvalue weighted by Gasteiger charge is 2.08. The van der Waals surface area contributed by atoms with Crippen molar-refractivity contribution in [3.63, 3.8) is 0 Å². The summed E-state index contributed by atoms with van der Waals surface area (Å²) in [5.74, 6) is 2.97. The Morgan fingerprint density at radius 2 is 1.63 bits per heavy atom. The second kappa shape index (κ2) is 7.74. The molecule has 2 N–H and O–H groups in total. The number of hydrogen-bond acceptors (Lipinski definition) is 5. The summed E-state index contributed by atoms with van der Waals surface area (Å²) in [7, 11) is 0. The summed E-state index contributed by atoms with van der Waals surface area (Å²) in [5.41, 5.74) is 3.16. The predicted octanol–water partition coefficient (Wildman–Crippen LogP) is 5.40. The van der Waals surface area contributed by atoms with Crippen molar-refractivity contribution in [1.82, 2.24) is 9.97 Å². The SMILES string of the molecule is Cc1ccc(Nc2cc(NCc3ccco3)nc(-c3ccccc3)n2)cc1. The van der Waals surface area contributed by atoms with Crippen molar-refractivity contribution >= 4 is 17.3 Å². The second-order valence-corrected chi connectivity index (χ2v) is 6.25.